The second-order valence-electron chi connectivity index (χ2n) is 8.15. The maximum absolute atomic E-state index is 12.8. The van der Waals surface area contributed by atoms with Crippen molar-refractivity contribution in [1.82, 2.24) is 20.5 Å². The van der Waals surface area contributed by atoms with Crippen LogP contribution in [0.4, 0.5) is 0 Å². The van der Waals surface area contributed by atoms with Gasteiger partial charge in [-0.15, -0.1) is 24.0 Å². The SMILES string of the molecule is CN=C(NCc1nccc2ccccc12)NC1CCN(C(=O)C2CCCCC2)C1.I. The van der Waals surface area contributed by atoms with Gasteiger partial charge in [-0.2, -0.15) is 0 Å². The molecule has 1 unspecified atom stereocenters. The number of pyridine rings is 1. The number of nitrogens with zero attached hydrogens (tertiary/aromatic N) is 3. The van der Waals surface area contributed by atoms with E-state index in [1.54, 1.807) is 7.05 Å². The minimum absolute atomic E-state index is 0. The summed E-state index contributed by atoms with van der Waals surface area (Å²) in [6.45, 7) is 2.22. The van der Waals surface area contributed by atoms with Gasteiger partial charge in [0.15, 0.2) is 5.96 Å². The molecule has 2 heterocycles. The molecule has 2 aliphatic rings. The number of rotatable bonds is 4. The van der Waals surface area contributed by atoms with Crippen LogP contribution in [0.15, 0.2) is 41.5 Å². The Hall–Kier alpha value is -1.90. The molecule has 0 radical (unpaired) electrons. The molecule has 1 aliphatic carbocycles. The Balaban J connectivity index is 0.00000256. The number of nitrogens with one attached hydrogen (secondary N) is 2. The number of benzene rings is 1. The van der Waals surface area contributed by atoms with E-state index in [0.717, 1.165) is 49.4 Å². The Morgan fingerprint density at radius 1 is 1.17 bits per heavy atom. The number of fused-ring (bicyclic) bond motifs is 1. The first-order chi connectivity index (χ1) is 14.2. The highest BCUT2D eigenvalue weighted by Crippen LogP contribution is 2.26. The third-order valence-electron chi connectivity index (χ3n) is 6.20. The van der Waals surface area contributed by atoms with Crippen molar-refractivity contribution in [2.45, 2.75) is 51.1 Å². The van der Waals surface area contributed by atoms with Crippen LogP contribution in [0.1, 0.15) is 44.2 Å². The van der Waals surface area contributed by atoms with Gasteiger partial charge in [0, 0.05) is 43.7 Å². The van der Waals surface area contributed by atoms with E-state index in [0.29, 0.717) is 12.5 Å². The number of guanidine groups is 1. The lowest BCUT2D eigenvalue weighted by Gasteiger charge is -2.26. The molecular formula is C23H32IN5O. The minimum atomic E-state index is 0. The molecule has 2 fully saturated rings. The van der Waals surface area contributed by atoms with Crippen molar-refractivity contribution in [2.24, 2.45) is 10.9 Å². The summed E-state index contributed by atoms with van der Waals surface area (Å²) >= 11 is 0. The zero-order chi connectivity index (χ0) is 20.1. The van der Waals surface area contributed by atoms with Gasteiger partial charge in [0.05, 0.1) is 12.2 Å². The van der Waals surface area contributed by atoms with Crippen molar-refractivity contribution < 1.29 is 4.79 Å². The molecule has 0 spiro atoms. The van der Waals surface area contributed by atoms with Gasteiger partial charge < -0.3 is 15.5 Å². The molecule has 30 heavy (non-hydrogen) atoms. The Morgan fingerprint density at radius 3 is 2.77 bits per heavy atom. The molecule has 7 heteroatoms. The number of amides is 1. The monoisotopic (exact) mass is 521 g/mol. The number of hydrogen-bond donors (Lipinski definition) is 2. The summed E-state index contributed by atoms with van der Waals surface area (Å²) in [6.07, 6.45) is 8.62. The zero-order valence-electron chi connectivity index (χ0n) is 17.6. The number of halogens is 1. The average molecular weight is 521 g/mol. The molecular weight excluding hydrogens is 489 g/mol. The first-order valence-corrected chi connectivity index (χ1v) is 10.8. The van der Waals surface area contributed by atoms with Gasteiger partial charge in [-0.25, -0.2) is 0 Å². The molecule has 162 valence electrons. The topological polar surface area (TPSA) is 69.6 Å². The second-order valence-corrected chi connectivity index (χ2v) is 8.15. The molecule has 1 amide bonds. The summed E-state index contributed by atoms with van der Waals surface area (Å²) < 4.78 is 0. The van der Waals surface area contributed by atoms with Crippen molar-refractivity contribution in [2.75, 3.05) is 20.1 Å². The first kappa shape index (κ1) is 22.8. The number of aliphatic imine (C=N–C) groups is 1. The molecule has 6 nitrogen and oxygen atoms in total. The van der Waals surface area contributed by atoms with E-state index in [9.17, 15) is 4.79 Å². The molecule has 1 aromatic carbocycles. The van der Waals surface area contributed by atoms with Crippen molar-refractivity contribution >= 4 is 46.6 Å². The van der Waals surface area contributed by atoms with E-state index in [2.05, 4.69) is 32.7 Å². The van der Waals surface area contributed by atoms with E-state index in [1.807, 2.05) is 29.3 Å². The van der Waals surface area contributed by atoms with E-state index in [4.69, 9.17) is 0 Å². The highest BCUT2D eigenvalue weighted by Gasteiger charge is 2.31. The molecule has 1 aromatic heterocycles. The van der Waals surface area contributed by atoms with Crippen LogP contribution in [0.25, 0.3) is 10.8 Å². The molecule has 4 rings (SSSR count). The lowest BCUT2D eigenvalue weighted by molar-refractivity contribution is -0.135. The lowest BCUT2D eigenvalue weighted by atomic mass is 9.88. The number of carbonyl (C=O) groups is 1. The smallest absolute Gasteiger partial charge is 0.225 e. The van der Waals surface area contributed by atoms with Crippen molar-refractivity contribution in [1.29, 1.82) is 0 Å². The van der Waals surface area contributed by atoms with Gasteiger partial charge in [0.1, 0.15) is 0 Å². The maximum atomic E-state index is 12.8. The Bertz CT molecular complexity index is 876. The van der Waals surface area contributed by atoms with Crippen molar-refractivity contribution in [3.05, 3.63) is 42.2 Å². The minimum Gasteiger partial charge on any atom is -0.352 e. The van der Waals surface area contributed by atoms with Gasteiger partial charge in [-0.3, -0.25) is 14.8 Å². The summed E-state index contributed by atoms with van der Waals surface area (Å²) in [4.78, 5) is 23.7. The van der Waals surface area contributed by atoms with Gasteiger partial charge >= 0.3 is 0 Å². The first-order valence-electron chi connectivity index (χ1n) is 10.8. The summed E-state index contributed by atoms with van der Waals surface area (Å²) in [6, 6.07) is 10.6. The van der Waals surface area contributed by atoms with Crippen LogP contribution in [-0.4, -0.2) is 47.9 Å². The van der Waals surface area contributed by atoms with Gasteiger partial charge in [-0.1, -0.05) is 43.5 Å². The third-order valence-corrected chi connectivity index (χ3v) is 6.20. The highest BCUT2D eigenvalue weighted by molar-refractivity contribution is 14.0. The fourth-order valence-electron chi connectivity index (χ4n) is 4.56. The molecule has 2 N–H and O–H groups in total. The number of hydrogen-bond acceptors (Lipinski definition) is 3. The summed E-state index contributed by atoms with van der Waals surface area (Å²) in [5.41, 5.74) is 1.01. The lowest BCUT2D eigenvalue weighted by Crippen LogP contribution is -2.45. The van der Waals surface area contributed by atoms with Crippen LogP contribution in [0.5, 0.6) is 0 Å². The van der Waals surface area contributed by atoms with Crippen molar-refractivity contribution in [3.63, 3.8) is 0 Å². The Kier molecular flexibility index (Phi) is 8.30. The van der Waals surface area contributed by atoms with Crippen LogP contribution in [0.3, 0.4) is 0 Å². The van der Waals surface area contributed by atoms with Crippen LogP contribution in [-0.2, 0) is 11.3 Å². The molecule has 2 aromatic rings. The fraction of sp³-hybridized carbons (Fsp3) is 0.522. The van der Waals surface area contributed by atoms with E-state index in [1.165, 1.54) is 24.6 Å². The van der Waals surface area contributed by atoms with E-state index in [-0.39, 0.29) is 35.9 Å². The molecule has 1 aliphatic heterocycles. The number of carbonyl (C=O) groups excluding carboxylic acids is 1. The van der Waals surface area contributed by atoms with E-state index < -0.39 is 0 Å². The molecule has 0 bridgehead atoms. The Labute approximate surface area is 195 Å². The largest absolute Gasteiger partial charge is 0.352 e. The Morgan fingerprint density at radius 2 is 1.97 bits per heavy atom. The van der Waals surface area contributed by atoms with Crippen LogP contribution >= 0.6 is 24.0 Å². The predicted molar refractivity (Wildman–Crippen MR) is 132 cm³/mol. The summed E-state index contributed by atoms with van der Waals surface area (Å²) in [5, 5.41) is 9.22. The van der Waals surface area contributed by atoms with Crippen LogP contribution in [0, 0.1) is 5.92 Å². The third kappa shape index (κ3) is 5.42. The van der Waals surface area contributed by atoms with Gasteiger partial charge in [-0.05, 0) is 30.7 Å². The molecule has 1 saturated heterocycles. The normalized spacial score (nSPS) is 20.1. The number of likely N-dealkylation sites (tertiary alicyclic amines) is 1. The fourth-order valence-corrected chi connectivity index (χ4v) is 4.56. The predicted octanol–water partition coefficient (Wildman–Crippen LogP) is 3.70. The summed E-state index contributed by atoms with van der Waals surface area (Å²) in [5.74, 6) is 1.37. The maximum Gasteiger partial charge on any atom is 0.225 e. The van der Waals surface area contributed by atoms with E-state index >= 15 is 0 Å². The van der Waals surface area contributed by atoms with Crippen LogP contribution < -0.4 is 10.6 Å². The summed E-state index contributed by atoms with van der Waals surface area (Å²) in [7, 11) is 1.78. The highest BCUT2D eigenvalue weighted by atomic mass is 127. The zero-order valence-corrected chi connectivity index (χ0v) is 20.0. The quantitative estimate of drug-likeness (QED) is 0.366. The molecule has 1 saturated carbocycles. The number of aromatic nitrogens is 1. The average Bonchev–Trinajstić information content (AvgIpc) is 3.25. The van der Waals surface area contributed by atoms with Gasteiger partial charge in [0.25, 0.3) is 0 Å². The molecule has 1 atom stereocenters. The van der Waals surface area contributed by atoms with Crippen LogP contribution in [0.2, 0.25) is 0 Å². The standard InChI is InChI=1S/C23H31N5O.HI/c1-24-23(26-15-21-20-10-6-5-7-17(20)11-13-25-21)27-19-12-14-28(16-19)22(29)18-8-3-2-4-9-18;/h5-7,10-11,13,18-19H,2-4,8-9,12,14-16H2,1H3,(H2,24,26,27);1H. The van der Waals surface area contributed by atoms with Gasteiger partial charge in [0.2, 0.25) is 5.91 Å². The second kappa shape index (κ2) is 10.9. The van der Waals surface area contributed by atoms with Crippen molar-refractivity contribution in [3.8, 4) is 0 Å².